The van der Waals surface area contributed by atoms with Crippen LogP contribution in [0.25, 0.3) is 0 Å². The Morgan fingerprint density at radius 3 is 1.68 bits per heavy atom. The van der Waals surface area contributed by atoms with Crippen LogP contribution in [0.2, 0.25) is 0 Å². The van der Waals surface area contributed by atoms with E-state index in [0.29, 0.717) is 5.69 Å². The Labute approximate surface area is 152 Å². The van der Waals surface area contributed by atoms with E-state index in [2.05, 4.69) is 16.9 Å². The molecule has 2 aromatic rings. The van der Waals surface area contributed by atoms with Crippen LogP contribution in [-0.2, 0) is 4.79 Å². The van der Waals surface area contributed by atoms with Crippen LogP contribution in [0.5, 0.6) is 0 Å². The Morgan fingerprint density at radius 1 is 0.920 bits per heavy atom. The second-order valence-corrected chi connectivity index (χ2v) is 4.61. The SMILES string of the molecule is CC.CC.CC(=O)C(N)c1ccccn1.CCC(N)c1ccccn1. The molecule has 0 saturated carbocycles. The van der Waals surface area contributed by atoms with Gasteiger partial charge in [0.2, 0.25) is 0 Å². The summed E-state index contributed by atoms with van der Waals surface area (Å²) in [5.41, 5.74) is 12.9. The largest absolute Gasteiger partial charge is 0.323 e. The van der Waals surface area contributed by atoms with Gasteiger partial charge in [0.25, 0.3) is 0 Å². The van der Waals surface area contributed by atoms with Gasteiger partial charge in [-0.25, -0.2) is 0 Å². The van der Waals surface area contributed by atoms with Gasteiger partial charge in [-0.2, -0.15) is 0 Å². The molecule has 0 bridgehead atoms. The van der Waals surface area contributed by atoms with Gasteiger partial charge in [0.15, 0.2) is 5.78 Å². The number of rotatable bonds is 4. The van der Waals surface area contributed by atoms with Crippen LogP contribution < -0.4 is 11.5 Å². The van der Waals surface area contributed by atoms with Crippen LogP contribution in [0.15, 0.2) is 48.8 Å². The minimum Gasteiger partial charge on any atom is -0.323 e. The Kier molecular flexibility index (Phi) is 16.8. The molecular formula is C20H34N4O. The summed E-state index contributed by atoms with van der Waals surface area (Å²) in [4.78, 5) is 18.9. The summed E-state index contributed by atoms with van der Waals surface area (Å²) < 4.78 is 0. The number of pyridine rings is 2. The molecule has 5 heteroatoms. The number of aromatic nitrogens is 2. The molecule has 5 nitrogen and oxygen atoms in total. The molecule has 2 aromatic heterocycles. The third-order valence-electron chi connectivity index (χ3n) is 2.95. The van der Waals surface area contributed by atoms with Gasteiger partial charge in [-0.1, -0.05) is 46.8 Å². The predicted molar refractivity (Wildman–Crippen MR) is 106 cm³/mol. The summed E-state index contributed by atoms with van der Waals surface area (Å²) in [5.74, 6) is -0.0660. The van der Waals surface area contributed by atoms with Gasteiger partial charge < -0.3 is 11.5 Å². The predicted octanol–water partition coefficient (Wildman–Crippen LogP) is 4.21. The molecule has 2 atom stereocenters. The average Bonchev–Trinajstić information content (AvgIpc) is 2.71. The lowest BCUT2D eigenvalue weighted by molar-refractivity contribution is -0.118. The third kappa shape index (κ3) is 11.1. The van der Waals surface area contributed by atoms with Crippen molar-refractivity contribution in [3.63, 3.8) is 0 Å². The first kappa shape index (κ1) is 25.1. The van der Waals surface area contributed by atoms with E-state index in [1.807, 2.05) is 52.0 Å². The molecule has 140 valence electrons. The van der Waals surface area contributed by atoms with Crippen LogP contribution >= 0.6 is 0 Å². The Balaban J connectivity index is 0. The molecule has 2 rings (SSSR count). The van der Waals surface area contributed by atoms with E-state index in [0.717, 1.165) is 12.1 Å². The molecule has 0 saturated heterocycles. The van der Waals surface area contributed by atoms with Crippen LogP contribution in [0.1, 0.15) is 71.4 Å². The molecule has 0 aliphatic heterocycles. The van der Waals surface area contributed by atoms with Gasteiger partial charge in [0.1, 0.15) is 6.04 Å². The van der Waals surface area contributed by atoms with Crippen molar-refractivity contribution >= 4 is 5.78 Å². The summed E-state index contributed by atoms with van der Waals surface area (Å²) in [5, 5.41) is 0. The highest BCUT2D eigenvalue weighted by molar-refractivity contribution is 5.82. The normalized spacial score (nSPS) is 11.2. The molecule has 0 fully saturated rings. The fraction of sp³-hybridized carbons (Fsp3) is 0.450. The minimum absolute atomic E-state index is 0.0660. The van der Waals surface area contributed by atoms with E-state index < -0.39 is 6.04 Å². The van der Waals surface area contributed by atoms with Gasteiger partial charge in [-0.05, 0) is 37.6 Å². The molecular weight excluding hydrogens is 312 g/mol. The quantitative estimate of drug-likeness (QED) is 0.864. The second kappa shape index (κ2) is 16.7. The number of nitrogens with two attached hydrogens (primary N) is 2. The van der Waals surface area contributed by atoms with Crippen LogP contribution in [0.3, 0.4) is 0 Å². The zero-order valence-corrected chi connectivity index (χ0v) is 16.4. The number of hydrogen-bond donors (Lipinski definition) is 2. The van der Waals surface area contributed by atoms with Crippen LogP contribution in [0, 0.1) is 0 Å². The van der Waals surface area contributed by atoms with Crippen molar-refractivity contribution in [1.29, 1.82) is 0 Å². The monoisotopic (exact) mass is 346 g/mol. The maximum absolute atomic E-state index is 10.8. The first-order valence-electron chi connectivity index (χ1n) is 8.89. The summed E-state index contributed by atoms with van der Waals surface area (Å²) in [6.07, 6.45) is 4.33. The number of Topliss-reactive ketones (excluding diaryl/α,β-unsaturated/α-hetero) is 1. The topological polar surface area (TPSA) is 94.9 Å². The lowest BCUT2D eigenvalue weighted by atomic mass is 10.1. The zero-order valence-electron chi connectivity index (χ0n) is 16.4. The van der Waals surface area contributed by atoms with Crippen LogP contribution in [-0.4, -0.2) is 15.8 Å². The third-order valence-corrected chi connectivity index (χ3v) is 2.95. The van der Waals surface area contributed by atoms with Gasteiger partial charge in [-0.3, -0.25) is 14.8 Å². The van der Waals surface area contributed by atoms with Crippen molar-refractivity contribution in [3.05, 3.63) is 60.2 Å². The number of carbonyl (C=O) groups is 1. The number of hydrogen-bond acceptors (Lipinski definition) is 5. The van der Waals surface area contributed by atoms with Crippen molar-refractivity contribution in [2.45, 2.75) is 60.0 Å². The van der Waals surface area contributed by atoms with E-state index in [-0.39, 0.29) is 11.8 Å². The van der Waals surface area contributed by atoms with Crippen molar-refractivity contribution in [2.75, 3.05) is 0 Å². The second-order valence-electron chi connectivity index (χ2n) is 4.61. The summed E-state index contributed by atoms with van der Waals surface area (Å²) in [7, 11) is 0. The standard InChI is InChI=1S/C8H10N2O.C8H12N2.2C2H6/c1-6(11)8(9)7-4-2-3-5-10-7;1-2-7(9)8-5-3-4-6-10-8;2*1-2/h2-5,8H,9H2,1H3;3-7H,2,9H2,1H3;2*1-2H3. The zero-order chi connectivity index (χ0) is 19.7. The summed E-state index contributed by atoms with van der Waals surface area (Å²) in [6.45, 7) is 11.5. The van der Waals surface area contributed by atoms with Gasteiger partial charge in [-0.15, -0.1) is 0 Å². The van der Waals surface area contributed by atoms with Gasteiger partial charge in [0, 0.05) is 18.4 Å². The van der Waals surface area contributed by atoms with E-state index in [4.69, 9.17) is 11.5 Å². The molecule has 0 radical (unpaired) electrons. The van der Waals surface area contributed by atoms with E-state index >= 15 is 0 Å². The highest BCUT2D eigenvalue weighted by atomic mass is 16.1. The number of ketones is 1. The maximum atomic E-state index is 10.8. The lowest BCUT2D eigenvalue weighted by Gasteiger charge is -2.05. The molecule has 25 heavy (non-hydrogen) atoms. The van der Waals surface area contributed by atoms with Gasteiger partial charge >= 0.3 is 0 Å². The van der Waals surface area contributed by atoms with Crippen molar-refractivity contribution < 1.29 is 4.79 Å². The lowest BCUT2D eigenvalue weighted by Crippen LogP contribution is -2.19. The Hall–Kier alpha value is -2.11. The first-order valence-corrected chi connectivity index (χ1v) is 8.89. The molecule has 0 aromatic carbocycles. The van der Waals surface area contributed by atoms with Crippen molar-refractivity contribution in [3.8, 4) is 0 Å². The molecule has 0 aliphatic carbocycles. The van der Waals surface area contributed by atoms with E-state index in [9.17, 15) is 4.79 Å². The molecule has 2 heterocycles. The number of nitrogens with zero attached hydrogens (tertiary/aromatic N) is 2. The molecule has 2 unspecified atom stereocenters. The van der Waals surface area contributed by atoms with Crippen molar-refractivity contribution in [1.82, 2.24) is 9.97 Å². The molecule has 0 amide bonds. The maximum Gasteiger partial charge on any atom is 0.152 e. The van der Waals surface area contributed by atoms with E-state index in [1.54, 1.807) is 24.5 Å². The molecule has 0 spiro atoms. The minimum atomic E-state index is -0.573. The van der Waals surface area contributed by atoms with Crippen LogP contribution in [0.4, 0.5) is 0 Å². The summed E-state index contributed by atoms with van der Waals surface area (Å²) in [6, 6.07) is 10.7. The van der Waals surface area contributed by atoms with E-state index in [1.165, 1.54) is 6.92 Å². The van der Waals surface area contributed by atoms with Crippen molar-refractivity contribution in [2.24, 2.45) is 11.5 Å². The fourth-order valence-electron chi connectivity index (χ4n) is 1.57. The fourth-order valence-corrected chi connectivity index (χ4v) is 1.57. The number of carbonyl (C=O) groups excluding carboxylic acids is 1. The Morgan fingerprint density at radius 2 is 1.36 bits per heavy atom. The Bertz CT molecular complexity index is 532. The smallest absolute Gasteiger partial charge is 0.152 e. The first-order chi connectivity index (χ1) is 12.1. The molecule has 4 N–H and O–H groups in total. The average molecular weight is 347 g/mol. The highest BCUT2D eigenvalue weighted by Gasteiger charge is 2.10. The van der Waals surface area contributed by atoms with Gasteiger partial charge in [0.05, 0.1) is 11.4 Å². The summed E-state index contributed by atoms with van der Waals surface area (Å²) >= 11 is 0. The highest BCUT2D eigenvalue weighted by Crippen LogP contribution is 2.08. The molecule has 0 aliphatic rings.